The third kappa shape index (κ3) is 20.2. The van der Waals surface area contributed by atoms with Gasteiger partial charge in [-0.25, -0.2) is 0 Å². The van der Waals surface area contributed by atoms with E-state index in [1.807, 2.05) is 170 Å². The summed E-state index contributed by atoms with van der Waals surface area (Å²) in [4.78, 5) is 81.6. The minimum absolute atomic E-state index is 0. The van der Waals surface area contributed by atoms with Gasteiger partial charge in [0.1, 0.15) is 0 Å². The van der Waals surface area contributed by atoms with Crippen molar-refractivity contribution >= 4 is 144 Å². The van der Waals surface area contributed by atoms with Gasteiger partial charge in [0.05, 0.1) is 57.9 Å². The summed E-state index contributed by atoms with van der Waals surface area (Å²) in [6.07, 6.45) is 7.21. The normalized spacial score (nSPS) is 10.1. The summed E-state index contributed by atoms with van der Waals surface area (Å²) in [6, 6.07) is 99.2. The Balaban J connectivity index is 0.000000142. The van der Waals surface area contributed by atoms with E-state index in [0.29, 0.717) is 0 Å². The minimum atomic E-state index is -1.13. The number of hydrogen-bond acceptors (Lipinski definition) is 16. The largest absolute Gasteiger partial charge is 3.00 e. The number of carboxylic acids is 6. The number of hydrogen-bond donors (Lipinski definition) is 0. The molecule has 18 rings (SSSR count). The Labute approximate surface area is 679 Å². The van der Waals surface area contributed by atoms with Gasteiger partial charge in [0.25, 0.3) is 0 Å². The quantitative estimate of drug-likeness (QED) is 0.140. The number of rotatable bonds is 6. The maximum absolute atomic E-state index is 10.7. The second-order valence-corrected chi connectivity index (χ2v) is 23.3. The van der Waals surface area contributed by atoms with Crippen LogP contribution in [0.25, 0.3) is 108 Å². The Bertz CT molecular complexity index is 5320. The van der Waals surface area contributed by atoms with Crippen LogP contribution in [0.5, 0.6) is 0 Å². The van der Waals surface area contributed by atoms with Crippen LogP contribution in [0, 0.1) is 76.3 Å². The predicted octanol–water partition coefficient (Wildman–Crippen LogP) is 12.8. The SMILES string of the molecule is O=C([O-])c1cccc2ccccc12.O=C([O-])c1cccc2ccccc12.O=C([O-])c1cccc2ccccc12.O=C([O-])c1cccc2ccccc12.O=C([O-])c1cccc2ccccc12.O=C([O-])c1cccc2ccccc12.[Dy+3].[Dy+3].c1cnc2c(c1)ccc1cccnc12.c1cnc2c(c1)ccc1cccnc12. The summed E-state index contributed by atoms with van der Waals surface area (Å²) in [5.74, 6) is -6.77. The molecule has 4 heterocycles. The number of aromatic carboxylic acids is 6. The average Bonchev–Trinajstić information content (AvgIpc) is 0.788. The molecule has 0 amide bonds. The molecule has 0 fully saturated rings. The number of carboxylic acid groups (broad SMARTS) is 6. The Morgan fingerprint density at radius 3 is 0.463 bits per heavy atom. The monoisotopic (exact) mass is 1710 g/mol. The first-order valence-electron chi connectivity index (χ1n) is 32.9. The summed E-state index contributed by atoms with van der Waals surface area (Å²) < 4.78 is 0. The molecule has 4 aromatic heterocycles. The molecular formula is C90H58Dy2N4O12. The van der Waals surface area contributed by atoms with E-state index >= 15 is 0 Å². The molecule has 0 atom stereocenters. The number of carbonyl (C=O) groups excluding carboxylic acids is 6. The third-order valence-electron chi connectivity index (χ3n) is 16.7. The van der Waals surface area contributed by atoms with E-state index in [2.05, 4.69) is 68.5 Å². The van der Waals surface area contributed by atoms with Crippen LogP contribution in [0.2, 0.25) is 0 Å². The molecule has 0 saturated heterocycles. The molecule has 14 aromatic carbocycles. The van der Waals surface area contributed by atoms with E-state index in [9.17, 15) is 59.4 Å². The molecule has 0 N–H and O–H groups in total. The van der Waals surface area contributed by atoms with Gasteiger partial charge in [0, 0.05) is 79.7 Å². The topological polar surface area (TPSA) is 292 Å². The van der Waals surface area contributed by atoms with Crippen molar-refractivity contribution in [2.24, 2.45) is 0 Å². The van der Waals surface area contributed by atoms with Crippen molar-refractivity contribution in [2.45, 2.75) is 0 Å². The maximum Gasteiger partial charge on any atom is 3.00 e. The van der Waals surface area contributed by atoms with Crippen molar-refractivity contribution in [1.29, 1.82) is 0 Å². The van der Waals surface area contributed by atoms with E-state index in [0.717, 1.165) is 108 Å². The van der Waals surface area contributed by atoms with Crippen LogP contribution in [0.1, 0.15) is 62.1 Å². The van der Waals surface area contributed by atoms with E-state index in [-0.39, 0.29) is 110 Å². The number of pyridine rings is 4. The van der Waals surface area contributed by atoms with Crippen molar-refractivity contribution in [1.82, 2.24) is 19.9 Å². The van der Waals surface area contributed by atoms with Crippen molar-refractivity contribution in [3.8, 4) is 0 Å². The standard InChI is InChI=1S/2C12H8N2.6C11H8O2.2Dy/c2*1-3-9-5-6-10-4-2-8-14-12(10)11(9)13-7-1;6*12-11(13)10-7-3-5-8-4-1-2-6-9(8)10;;/h2*1-8H;6*1-7H,(H,12,13);;/q;;;;;;;;2*+3/p-6. The Hall–Kier alpha value is -12.4. The van der Waals surface area contributed by atoms with Crippen LogP contribution in [-0.2, 0) is 0 Å². The molecule has 108 heavy (non-hydrogen) atoms. The summed E-state index contributed by atoms with van der Waals surface area (Å²) in [5, 5.41) is 78.7. The van der Waals surface area contributed by atoms with Crippen LogP contribution >= 0.6 is 0 Å². The van der Waals surface area contributed by atoms with Gasteiger partial charge in [-0.15, -0.1) is 0 Å². The zero-order valence-corrected chi connectivity index (χ0v) is 60.9. The summed E-state index contributed by atoms with van der Waals surface area (Å²) in [6.45, 7) is 0. The first-order chi connectivity index (χ1) is 51.6. The van der Waals surface area contributed by atoms with E-state index in [1.165, 1.54) is 0 Å². The number of fused-ring (bicyclic) bond motifs is 12. The first-order valence-corrected chi connectivity index (χ1v) is 32.9. The molecule has 0 spiro atoms. The summed E-state index contributed by atoms with van der Waals surface area (Å²) in [7, 11) is 0. The van der Waals surface area contributed by atoms with Crippen molar-refractivity contribution in [3.63, 3.8) is 0 Å². The van der Waals surface area contributed by atoms with Crippen molar-refractivity contribution in [3.05, 3.63) is 386 Å². The van der Waals surface area contributed by atoms with Crippen LogP contribution in [-0.4, -0.2) is 55.8 Å². The third-order valence-corrected chi connectivity index (χ3v) is 16.7. The molecular weight excluding hydrogens is 1650 g/mol. The summed E-state index contributed by atoms with van der Waals surface area (Å²) in [5.41, 5.74) is 5.40. The fourth-order valence-corrected chi connectivity index (χ4v) is 11.8. The molecule has 530 valence electrons. The number of benzene rings is 14. The van der Waals surface area contributed by atoms with Gasteiger partial charge in [-0.05, 0) is 88.9 Å². The van der Waals surface area contributed by atoms with Gasteiger partial charge >= 0.3 is 76.3 Å². The molecule has 0 bridgehead atoms. The van der Waals surface area contributed by atoms with Gasteiger partial charge in [-0.1, -0.05) is 303 Å². The van der Waals surface area contributed by atoms with Crippen molar-refractivity contribution < 1.29 is 136 Å². The van der Waals surface area contributed by atoms with Gasteiger partial charge in [-0.3, -0.25) is 19.9 Å². The molecule has 18 aromatic rings. The predicted molar refractivity (Wildman–Crippen MR) is 404 cm³/mol. The average molecular weight is 1710 g/mol. The Kier molecular flexibility index (Phi) is 28.9. The van der Waals surface area contributed by atoms with Gasteiger partial charge in [0.2, 0.25) is 0 Å². The molecule has 0 aliphatic carbocycles. The zero-order chi connectivity index (χ0) is 74.3. The summed E-state index contributed by atoms with van der Waals surface area (Å²) >= 11 is 0. The molecule has 2 radical (unpaired) electrons. The molecule has 0 saturated carbocycles. The molecule has 18 heteroatoms. The molecule has 0 unspecified atom stereocenters. The first kappa shape index (κ1) is 79.8. The van der Waals surface area contributed by atoms with Crippen LogP contribution < -0.4 is 30.6 Å². The Morgan fingerprint density at radius 1 is 0.167 bits per heavy atom. The fraction of sp³-hybridized carbons (Fsp3) is 0. The number of aromatic nitrogens is 4. The van der Waals surface area contributed by atoms with Gasteiger partial charge in [-0.2, -0.15) is 0 Å². The number of nitrogens with zero attached hydrogens (tertiary/aromatic N) is 4. The van der Waals surface area contributed by atoms with Crippen molar-refractivity contribution in [2.75, 3.05) is 0 Å². The second-order valence-electron chi connectivity index (χ2n) is 23.3. The number of carbonyl (C=O) groups is 6. The second kappa shape index (κ2) is 39.1. The fourth-order valence-electron chi connectivity index (χ4n) is 11.8. The van der Waals surface area contributed by atoms with E-state index in [4.69, 9.17) is 0 Å². The van der Waals surface area contributed by atoms with Gasteiger partial charge in [0.15, 0.2) is 0 Å². The smallest absolute Gasteiger partial charge is 0.545 e. The Morgan fingerprint density at radius 2 is 0.306 bits per heavy atom. The molecule has 0 aliphatic rings. The zero-order valence-electron chi connectivity index (χ0n) is 56.8. The van der Waals surface area contributed by atoms with E-state index < -0.39 is 35.8 Å². The minimum Gasteiger partial charge on any atom is -0.545 e. The maximum atomic E-state index is 10.7. The van der Waals surface area contributed by atoms with Crippen LogP contribution in [0.15, 0.2) is 352 Å². The van der Waals surface area contributed by atoms with E-state index in [1.54, 1.807) is 134 Å². The van der Waals surface area contributed by atoms with Crippen LogP contribution in [0.3, 0.4) is 0 Å². The molecule has 0 aliphatic heterocycles. The molecule has 16 nitrogen and oxygen atoms in total. The van der Waals surface area contributed by atoms with Crippen LogP contribution in [0.4, 0.5) is 0 Å². The van der Waals surface area contributed by atoms with Gasteiger partial charge < -0.3 is 59.4 Å².